The van der Waals surface area contributed by atoms with Gasteiger partial charge < -0.3 is 14.3 Å². The van der Waals surface area contributed by atoms with Gasteiger partial charge in [0.25, 0.3) is 5.91 Å². The predicted octanol–water partition coefficient (Wildman–Crippen LogP) is 6.27. The van der Waals surface area contributed by atoms with Crippen LogP contribution in [0, 0.1) is 0 Å². The number of hydrogen-bond donors (Lipinski definition) is 1. The third-order valence-corrected chi connectivity index (χ3v) is 5.91. The number of fused-ring (bicyclic) bond motifs is 1. The van der Waals surface area contributed by atoms with Gasteiger partial charge in [-0.25, -0.2) is 0 Å². The zero-order valence-corrected chi connectivity index (χ0v) is 19.0. The number of furan rings is 1. The molecule has 0 aliphatic carbocycles. The number of ether oxygens (including phenoxy) is 1. The third-order valence-electron chi connectivity index (χ3n) is 5.68. The van der Waals surface area contributed by atoms with Crippen molar-refractivity contribution in [2.24, 2.45) is 0 Å². The molecule has 2 heterocycles. The standard InChI is InChI=1S/C27H20ClNO5/c1-2-33-20-10-6-9-19(15-20)29-24(16-7-4-3-5-8-16)23(26(31)27(29)32)25(30)22-14-17-13-18(28)11-12-21(17)34-22/h3-15,24,31H,2H2,1H3. The van der Waals surface area contributed by atoms with E-state index in [4.69, 9.17) is 20.8 Å². The summed E-state index contributed by atoms with van der Waals surface area (Å²) in [6, 6.07) is 21.8. The van der Waals surface area contributed by atoms with Gasteiger partial charge in [-0.1, -0.05) is 48.0 Å². The molecular formula is C27H20ClNO5. The summed E-state index contributed by atoms with van der Waals surface area (Å²) < 4.78 is 11.3. The molecule has 0 fully saturated rings. The molecule has 6 nitrogen and oxygen atoms in total. The van der Waals surface area contributed by atoms with E-state index in [1.165, 1.54) is 4.90 Å². The molecule has 1 aromatic heterocycles. The second-order valence-corrected chi connectivity index (χ2v) is 8.24. The minimum Gasteiger partial charge on any atom is -0.503 e. The molecule has 5 rings (SSSR count). The van der Waals surface area contributed by atoms with Crippen LogP contribution in [0.25, 0.3) is 11.0 Å². The molecule has 1 aliphatic heterocycles. The lowest BCUT2D eigenvalue weighted by atomic mass is 9.95. The van der Waals surface area contributed by atoms with Crippen LogP contribution in [0.1, 0.15) is 29.1 Å². The van der Waals surface area contributed by atoms with Crippen molar-refractivity contribution in [2.75, 3.05) is 11.5 Å². The summed E-state index contributed by atoms with van der Waals surface area (Å²) in [4.78, 5) is 28.3. The molecular weight excluding hydrogens is 454 g/mol. The van der Waals surface area contributed by atoms with Crippen molar-refractivity contribution >= 4 is 39.9 Å². The predicted molar refractivity (Wildman–Crippen MR) is 129 cm³/mol. The number of carbonyl (C=O) groups is 2. The van der Waals surface area contributed by atoms with Crippen LogP contribution in [0.5, 0.6) is 5.75 Å². The summed E-state index contributed by atoms with van der Waals surface area (Å²) in [5, 5.41) is 12.1. The number of rotatable bonds is 6. The molecule has 34 heavy (non-hydrogen) atoms. The average Bonchev–Trinajstić information content (AvgIpc) is 3.38. The number of Topliss-reactive ketones (excluding diaryl/α,β-unsaturated/α-hetero) is 1. The Morgan fingerprint density at radius 2 is 1.85 bits per heavy atom. The van der Waals surface area contributed by atoms with Crippen LogP contribution in [0.15, 0.2) is 94.6 Å². The Hall–Kier alpha value is -4.03. The number of hydrogen-bond acceptors (Lipinski definition) is 5. The van der Waals surface area contributed by atoms with Crippen LogP contribution in [0.2, 0.25) is 5.02 Å². The lowest BCUT2D eigenvalue weighted by Gasteiger charge is -2.27. The molecule has 4 aromatic rings. The SMILES string of the molecule is CCOc1cccc(N2C(=O)C(O)=C(C(=O)c3cc4cc(Cl)ccc4o3)C2c2ccccc2)c1. The first-order valence-electron chi connectivity index (χ1n) is 10.8. The smallest absolute Gasteiger partial charge is 0.294 e. The maximum absolute atomic E-state index is 13.6. The normalized spacial score (nSPS) is 15.9. The molecule has 170 valence electrons. The number of aliphatic hydroxyl groups excluding tert-OH is 1. The highest BCUT2D eigenvalue weighted by Crippen LogP contribution is 2.43. The first kappa shape index (κ1) is 21.8. The van der Waals surface area contributed by atoms with Gasteiger partial charge in [-0.2, -0.15) is 0 Å². The van der Waals surface area contributed by atoms with E-state index in [-0.39, 0.29) is 11.3 Å². The molecule has 0 spiro atoms. The molecule has 1 amide bonds. The minimum absolute atomic E-state index is 0.0115. The van der Waals surface area contributed by atoms with E-state index >= 15 is 0 Å². The van der Waals surface area contributed by atoms with Crippen LogP contribution in [0.4, 0.5) is 5.69 Å². The van der Waals surface area contributed by atoms with Gasteiger partial charge in [-0.15, -0.1) is 0 Å². The van der Waals surface area contributed by atoms with Crippen LogP contribution in [0.3, 0.4) is 0 Å². The zero-order valence-electron chi connectivity index (χ0n) is 18.2. The first-order valence-corrected chi connectivity index (χ1v) is 11.1. The van der Waals surface area contributed by atoms with E-state index < -0.39 is 23.5 Å². The molecule has 3 aromatic carbocycles. The Balaban J connectivity index is 1.63. The van der Waals surface area contributed by atoms with Crippen LogP contribution < -0.4 is 9.64 Å². The van der Waals surface area contributed by atoms with Crippen molar-refractivity contribution in [3.8, 4) is 5.75 Å². The van der Waals surface area contributed by atoms with E-state index in [0.29, 0.717) is 39.6 Å². The van der Waals surface area contributed by atoms with Crippen molar-refractivity contribution < 1.29 is 23.8 Å². The van der Waals surface area contributed by atoms with Crippen molar-refractivity contribution in [3.63, 3.8) is 0 Å². The first-order chi connectivity index (χ1) is 16.5. The maximum Gasteiger partial charge on any atom is 0.294 e. The number of aliphatic hydroxyl groups is 1. The number of benzene rings is 3. The zero-order chi connectivity index (χ0) is 23.8. The van der Waals surface area contributed by atoms with Crippen molar-refractivity contribution in [1.29, 1.82) is 0 Å². The number of amides is 1. The number of nitrogens with zero attached hydrogens (tertiary/aromatic N) is 1. The van der Waals surface area contributed by atoms with Gasteiger partial charge in [0.1, 0.15) is 11.3 Å². The van der Waals surface area contributed by atoms with Gasteiger partial charge in [0, 0.05) is 22.2 Å². The molecule has 7 heteroatoms. The van der Waals surface area contributed by atoms with Gasteiger partial charge in [0.2, 0.25) is 5.78 Å². The van der Waals surface area contributed by atoms with Crippen molar-refractivity contribution in [1.82, 2.24) is 0 Å². The van der Waals surface area contributed by atoms with Crippen molar-refractivity contribution in [2.45, 2.75) is 13.0 Å². The fourth-order valence-electron chi connectivity index (χ4n) is 4.20. The van der Waals surface area contributed by atoms with E-state index in [0.717, 1.165) is 0 Å². The van der Waals surface area contributed by atoms with Gasteiger partial charge in [-0.3, -0.25) is 14.5 Å². The molecule has 0 radical (unpaired) electrons. The van der Waals surface area contributed by atoms with E-state index in [1.807, 2.05) is 37.3 Å². The molecule has 1 unspecified atom stereocenters. The minimum atomic E-state index is -0.852. The highest BCUT2D eigenvalue weighted by atomic mass is 35.5. The molecule has 1 aliphatic rings. The topological polar surface area (TPSA) is 80.0 Å². The van der Waals surface area contributed by atoms with Crippen LogP contribution >= 0.6 is 11.6 Å². The highest BCUT2D eigenvalue weighted by molar-refractivity contribution is 6.31. The van der Waals surface area contributed by atoms with Crippen LogP contribution in [-0.4, -0.2) is 23.4 Å². The fourth-order valence-corrected chi connectivity index (χ4v) is 4.38. The summed E-state index contributed by atoms with van der Waals surface area (Å²) >= 11 is 6.06. The lowest BCUT2D eigenvalue weighted by Crippen LogP contribution is -2.31. The summed E-state index contributed by atoms with van der Waals surface area (Å²) in [5.74, 6) is -1.27. The summed E-state index contributed by atoms with van der Waals surface area (Å²) in [6.07, 6.45) is 0. The highest BCUT2D eigenvalue weighted by Gasteiger charge is 2.45. The Bertz CT molecular complexity index is 1440. The monoisotopic (exact) mass is 473 g/mol. The van der Waals surface area contributed by atoms with E-state index in [9.17, 15) is 14.7 Å². The Labute approximate surface area is 200 Å². The average molecular weight is 474 g/mol. The molecule has 1 N–H and O–H groups in total. The number of ketones is 1. The summed E-state index contributed by atoms with van der Waals surface area (Å²) in [5.41, 5.74) is 1.60. The van der Waals surface area contributed by atoms with Gasteiger partial charge in [-0.05, 0) is 48.9 Å². The van der Waals surface area contributed by atoms with Gasteiger partial charge >= 0.3 is 0 Å². The quantitative estimate of drug-likeness (QED) is 0.334. The second kappa shape index (κ2) is 8.72. The Morgan fingerprint density at radius 3 is 2.62 bits per heavy atom. The van der Waals surface area contributed by atoms with E-state index in [1.54, 1.807) is 48.5 Å². The summed E-state index contributed by atoms with van der Waals surface area (Å²) in [7, 11) is 0. The Kier molecular flexibility index (Phi) is 5.59. The number of anilines is 1. The number of halogens is 1. The maximum atomic E-state index is 13.6. The largest absolute Gasteiger partial charge is 0.503 e. The van der Waals surface area contributed by atoms with E-state index in [2.05, 4.69) is 0 Å². The van der Waals surface area contributed by atoms with Gasteiger partial charge in [0.15, 0.2) is 11.5 Å². The fraction of sp³-hybridized carbons (Fsp3) is 0.111. The molecule has 0 saturated carbocycles. The molecule has 0 saturated heterocycles. The molecule has 0 bridgehead atoms. The van der Waals surface area contributed by atoms with Gasteiger partial charge in [0.05, 0.1) is 18.2 Å². The lowest BCUT2D eigenvalue weighted by molar-refractivity contribution is -0.117. The number of carbonyl (C=O) groups excluding carboxylic acids is 2. The van der Waals surface area contributed by atoms with Crippen LogP contribution in [-0.2, 0) is 4.79 Å². The second-order valence-electron chi connectivity index (χ2n) is 7.80. The third kappa shape index (κ3) is 3.72. The Morgan fingerprint density at radius 1 is 1.06 bits per heavy atom. The summed E-state index contributed by atoms with van der Waals surface area (Å²) in [6.45, 7) is 2.33. The van der Waals surface area contributed by atoms with Crippen molar-refractivity contribution in [3.05, 3.63) is 107 Å². The molecule has 1 atom stereocenters.